The molecule has 0 fully saturated rings. The van der Waals surface area contributed by atoms with Gasteiger partial charge in [0.05, 0.1) is 23.1 Å². The minimum Gasteiger partial charge on any atom is -0.440 e. The lowest BCUT2D eigenvalue weighted by Crippen LogP contribution is -2.20. The maximum Gasteiger partial charge on any atom is 0.262 e. The first-order chi connectivity index (χ1) is 10.7. The zero-order valence-corrected chi connectivity index (χ0v) is 13.3. The third kappa shape index (κ3) is 2.18. The second-order valence-corrected chi connectivity index (χ2v) is 6.66. The van der Waals surface area contributed by atoms with Gasteiger partial charge in [0.2, 0.25) is 5.89 Å². The molecule has 22 heavy (non-hydrogen) atoms. The molecule has 0 spiro atoms. The molecule has 4 aromatic heterocycles. The molecule has 4 aromatic rings. The van der Waals surface area contributed by atoms with E-state index in [4.69, 9.17) is 4.42 Å². The second-order valence-electron chi connectivity index (χ2n) is 4.82. The molecule has 0 saturated carbocycles. The van der Waals surface area contributed by atoms with Crippen molar-refractivity contribution in [2.24, 2.45) is 0 Å². The Balaban J connectivity index is 1.73. The first-order valence-electron chi connectivity index (χ1n) is 6.65. The summed E-state index contributed by atoms with van der Waals surface area (Å²) < 4.78 is 7.28. The van der Waals surface area contributed by atoms with Crippen molar-refractivity contribution in [3.63, 3.8) is 0 Å². The van der Waals surface area contributed by atoms with Gasteiger partial charge in [0.15, 0.2) is 0 Å². The number of aryl methyl sites for hydroxylation is 1. The van der Waals surface area contributed by atoms with Gasteiger partial charge in [-0.3, -0.25) is 9.36 Å². The van der Waals surface area contributed by atoms with Crippen LogP contribution in [0.1, 0.15) is 11.5 Å². The number of rotatable bonds is 3. The minimum absolute atomic E-state index is 0.0497. The number of hydrogen-bond acceptors (Lipinski definition) is 6. The minimum atomic E-state index is -0.0497. The first kappa shape index (κ1) is 13.4. The SMILES string of the molecule is Cc1oc(-c2cccs2)nc1Cn1cnc2sccc2c1=O. The highest BCUT2D eigenvalue weighted by atomic mass is 32.1. The molecule has 0 aromatic carbocycles. The van der Waals surface area contributed by atoms with Gasteiger partial charge in [0.1, 0.15) is 16.3 Å². The molecule has 0 unspecified atom stereocenters. The maximum absolute atomic E-state index is 12.4. The van der Waals surface area contributed by atoms with Crippen molar-refractivity contribution >= 4 is 32.9 Å². The quantitative estimate of drug-likeness (QED) is 0.577. The van der Waals surface area contributed by atoms with Gasteiger partial charge in [0.25, 0.3) is 5.56 Å². The highest BCUT2D eigenvalue weighted by Gasteiger charge is 2.14. The lowest BCUT2D eigenvalue weighted by atomic mass is 10.3. The summed E-state index contributed by atoms with van der Waals surface area (Å²) in [5.41, 5.74) is 0.702. The van der Waals surface area contributed by atoms with E-state index in [0.717, 1.165) is 21.2 Å². The van der Waals surface area contributed by atoms with Crippen molar-refractivity contribution < 1.29 is 4.42 Å². The van der Waals surface area contributed by atoms with Gasteiger partial charge in [-0.05, 0) is 29.8 Å². The zero-order chi connectivity index (χ0) is 15.1. The molecular weight excluding hydrogens is 318 g/mol. The standard InChI is InChI=1S/C15H11N3O2S2/c1-9-11(17-13(20-9)12-3-2-5-21-12)7-18-8-16-14-10(15(18)19)4-6-22-14/h2-6,8H,7H2,1H3. The number of fused-ring (bicyclic) bond motifs is 1. The average Bonchev–Trinajstić information content (AvgIpc) is 3.23. The average molecular weight is 329 g/mol. The molecule has 7 heteroatoms. The second kappa shape index (κ2) is 5.19. The lowest BCUT2D eigenvalue weighted by Gasteiger charge is -2.02. The summed E-state index contributed by atoms with van der Waals surface area (Å²) in [5.74, 6) is 1.32. The van der Waals surface area contributed by atoms with Crippen LogP contribution in [0.2, 0.25) is 0 Å². The van der Waals surface area contributed by atoms with Gasteiger partial charge in [-0.2, -0.15) is 0 Å². The number of nitrogens with zero attached hydrogens (tertiary/aromatic N) is 3. The van der Waals surface area contributed by atoms with Gasteiger partial charge in [-0.25, -0.2) is 9.97 Å². The van der Waals surface area contributed by atoms with E-state index in [1.165, 1.54) is 11.3 Å². The molecule has 0 aliphatic heterocycles. The Kier molecular flexibility index (Phi) is 3.16. The summed E-state index contributed by atoms with van der Waals surface area (Å²) in [4.78, 5) is 23.0. The summed E-state index contributed by atoms with van der Waals surface area (Å²) in [6.45, 7) is 2.22. The summed E-state index contributed by atoms with van der Waals surface area (Å²) in [6, 6.07) is 5.72. The van der Waals surface area contributed by atoms with Gasteiger partial charge < -0.3 is 4.42 Å². The van der Waals surface area contributed by atoms with Crippen LogP contribution in [-0.4, -0.2) is 14.5 Å². The topological polar surface area (TPSA) is 60.9 Å². The highest BCUT2D eigenvalue weighted by Crippen LogP contribution is 2.26. The molecule has 110 valence electrons. The van der Waals surface area contributed by atoms with E-state index < -0.39 is 0 Å². The highest BCUT2D eigenvalue weighted by molar-refractivity contribution is 7.16. The van der Waals surface area contributed by atoms with Crippen molar-refractivity contribution in [1.29, 1.82) is 0 Å². The normalized spacial score (nSPS) is 11.3. The molecule has 0 aliphatic rings. The van der Waals surface area contributed by atoms with Crippen LogP contribution in [0.4, 0.5) is 0 Å². The largest absolute Gasteiger partial charge is 0.440 e. The summed E-state index contributed by atoms with van der Waals surface area (Å²) >= 11 is 3.04. The predicted molar refractivity (Wildman–Crippen MR) is 87.5 cm³/mol. The molecule has 0 atom stereocenters. The van der Waals surface area contributed by atoms with E-state index in [9.17, 15) is 4.79 Å². The monoisotopic (exact) mass is 329 g/mol. The predicted octanol–water partition coefficient (Wildman–Crippen LogP) is 3.53. The van der Waals surface area contributed by atoms with Crippen molar-refractivity contribution in [3.05, 3.63) is 57.1 Å². The number of hydrogen-bond donors (Lipinski definition) is 0. The fraction of sp³-hybridized carbons (Fsp3) is 0.133. The van der Waals surface area contributed by atoms with Crippen LogP contribution >= 0.6 is 22.7 Å². The van der Waals surface area contributed by atoms with Crippen molar-refractivity contribution in [1.82, 2.24) is 14.5 Å². The summed E-state index contributed by atoms with van der Waals surface area (Å²) in [7, 11) is 0. The fourth-order valence-electron chi connectivity index (χ4n) is 2.25. The van der Waals surface area contributed by atoms with Crippen LogP contribution < -0.4 is 5.56 Å². The molecule has 0 aliphatic carbocycles. The van der Waals surface area contributed by atoms with Crippen molar-refractivity contribution in [2.75, 3.05) is 0 Å². The molecule has 0 bridgehead atoms. The Morgan fingerprint density at radius 1 is 1.27 bits per heavy atom. The molecule has 0 saturated heterocycles. The van der Waals surface area contributed by atoms with Gasteiger partial charge in [0, 0.05) is 0 Å². The molecule has 4 rings (SSSR count). The summed E-state index contributed by atoms with van der Waals surface area (Å²) in [6.07, 6.45) is 1.57. The van der Waals surface area contributed by atoms with Gasteiger partial charge >= 0.3 is 0 Å². The zero-order valence-electron chi connectivity index (χ0n) is 11.6. The number of thiophene rings is 2. The van der Waals surface area contributed by atoms with E-state index in [0.29, 0.717) is 17.8 Å². The van der Waals surface area contributed by atoms with Crippen LogP contribution in [0.25, 0.3) is 21.0 Å². The molecule has 0 radical (unpaired) electrons. The number of oxazole rings is 1. The van der Waals surface area contributed by atoms with Crippen LogP contribution in [0.3, 0.4) is 0 Å². The molecule has 0 amide bonds. The van der Waals surface area contributed by atoms with E-state index in [2.05, 4.69) is 9.97 Å². The molecular formula is C15H11N3O2S2. The lowest BCUT2D eigenvalue weighted by molar-refractivity contribution is 0.538. The molecule has 0 N–H and O–H groups in total. The van der Waals surface area contributed by atoms with E-state index in [-0.39, 0.29) is 5.56 Å². The summed E-state index contributed by atoms with van der Waals surface area (Å²) in [5, 5.41) is 4.50. The third-order valence-corrected chi connectivity index (χ3v) is 5.07. The van der Waals surface area contributed by atoms with Crippen LogP contribution in [0, 0.1) is 6.92 Å². The number of aromatic nitrogens is 3. The maximum atomic E-state index is 12.4. The Hall–Kier alpha value is -2.25. The Labute approximate surface area is 133 Å². The molecule has 4 heterocycles. The van der Waals surface area contributed by atoms with Crippen molar-refractivity contribution in [3.8, 4) is 10.8 Å². The van der Waals surface area contributed by atoms with Gasteiger partial charge in [-0.1, -0.05) is 6.07 Å². The Morgan fingerprint density at radius 2 is 2.18 bits per heavy atom. The van der Waals surface area contributed by atoms with Crippen LogP contribution in [-0.2, 0) is 6.54 Å². The van der Waals surface area contributed by atoms with Crippen molar-refractivity contribution in [2.45, 2.75) is 13.5 Å². The van der Waals surface area contributed by atoms with Gasteiger partial charge in [-0.15, -0.1) is 22.7 Å². The third-order valence-electron chi connectivity index (χ3n) is 3.40. The van der Waals surface area contributed by atoms with Crippen LogP contribution in [0.15, 0.2) is 44.5 Å². The Morgan fingerprint density at radius 3 is 3.00 bits per heavy atom. The van der Waals surface area contributed by atoms with E-state index in [1.54, 1.807) is 28.3 Å². The fourth-order valence-corrected chi connectivity index (χ4v) is 3.62. The smallest absolute Gasteiger partial charge is 0.262 e. The van der Waals surface area contributed by atoms with Crippen LogP contribution in [0.5, 0.6) is 0 Å². The first-order valence-corrected chi connectivity index (χ1v) is 8.41. The van der Waals surface area contributed by atoms with E-state index >= 15 is 0 Å². The molecule has 5 nitrogen and oxygen atoms in total. The van der Waals surface area contributed by atoms with E-state index in [1.807, 2.05) is 29.8 Å². The Bertz CT molecular complexity index is 996.